The van der Waals surface area contributed by atoms with Gasteiger partial charge in [0.15, 0.2) is 0 Å². The highest BCUT2D eigenvalue weighted by atomic mass is 35.5. The number of aryl methyl sites for hydroxylation is 1. The maximum absolute atomic E-state index is 10.9. The number of nitrogens with two attached hydrogens (primary N) is 1. The fraction of sp³-hybridized carbons (Fsp3) is 0.455. The first-order valence-corrected chi connectivity index (χ1v) is 10.7. The van der Waals surface area contributed by atoms with Gasteiger partial charge in [0.2, 0.25) is 0 Å². The molecule has 1 aromatic heterocycles. The van der Waals surface area contributed by atoms with Crippen LogP contribution in [-0.2, 0) is 13.0 Å². The molecule has 3 aliphatic rings. The summed E-state index contributed by atoms with van der Waals surface area (Å²) in [5.74, 6) is 0.571. The monoisotopic (exact) mass is 428 g/mol. The number of benzene rings is 1. The third-order valence-corrected chi connectivity index (χ3v) is 6.83. The van der Waals surface area contributed by atoms with Gasteiger partial charge in [0.25, 0.3) is 0 Å². The molecule has 0 spiro atoms. The van der Waals surface area contributed by atoms with Crippen molar-refractivity contribution in [2.75, 3.05) is 12.3 Å². The largest absolute Gasteiger partial charge is 0.487 e. The van der Waals surface area contributed by atoms with E-state index in [0.717, 1.165) is 36.4 Å². The van der Waals surface area contributed by atoms with Gasteiger partial charge in [-0.1, -0.05) is 23.7 Å². The van der Waals surface area contributed by atoms with Crippen molar-refractivity contribution in [1.29, 1.82) is 0 Å². The SMILES string of the molecule is Cc1cc2c(c(O[C@H]3C[C@@H](C4C=C(Cl)c5c(N)ncnc54)[C@H](O)[C@@H]3O)c1)CNCC2. The Labute approximate surface area is 179 Å². The minimum Gasteiger partial charge on any atom is -0.487 e. The Morgan fingerprint density at radius 3 is 2.90 bits per heavy atom. The summed E-state index contributed by atoms with van der Waals surface area (Å²) in [4.78, 5) is 8.38. The summed E-state index contributed by atoms with van der Waals surface area (Å²) < 4.78 is 6.30. The van der Waals surface area contributed by atoms with Crippen molar-refractivity contribution in [3.8, 4) is 5.75 Å². The van der Waals surface area contributed by atoms with Gasteiger partial charge < -0.3 is 26.0 Å². The molecular weight excluding hydrogens is 404 g/mol. The molecule has 0 bridgehead atoms. The maximum atomic E-state index is 10.9. The van der Waals surface area contributed by atoms with Crippen molar-refractivity contribution in [2.24, 2.45) is 5.92 Å². The summed E-state index contributed by atoms with van der Waals surface area (Å²) in [6.45, 7) is 3.73. The number of aliphatic hydroxyl groups excluding tert-OH is 2. The highest BCUT2D eigenvalue weighted by Crippen LogP contribution is 2.48. The third-order valence-electron chi connectivity index (χ3n) is 6.52. The van der Waals surface area contributed by atoms with Gasteiger partial charge in [-0.2, -0.15) is 0 Å². The second-order valence-electron chi connectivity index (χ2n) is 8.42. The van der Waals surface area contributed by atoms with Crippen LogP contribution in [0.25, 0.3) is 5.03 Å². The van der Waals surface area contributed by atoms with E-state index in [4.69, 9.17) is 22.1 Å². The quantitative estimate of drug-likeness (QED) is 0.590. The lowest BCUT2D eigenvalue weighted by Crippen LogP contribution is -2.35. The number of fused-ring (bicyclic) bond motifs is 2. The minimum atomic E-state index is -1.00. The normalized spacial score (nSPS) is 30.0. The Balaban J connectivity index is 1.42. The molecule has 5 atom stereocenters. The number of ether oxygens (including phenoxy) is 1. The van der Waals surface area contributed by atoms with Crippen LogP contribution < -0.4 is 15.8 Å². The van der Waals surface area contributed by atoms with Gasteiger partial charge >= 0.3 is 0 Å². The first-order valence-electron chi connectivity index (χ1n) is 10.3. The lowest BCUT2D eigenvalue weighted by molar-refractivity contribution is -0.0196. The van der Waals surface area contributed by atoms with E-state index >= 15 is 0 Å². The van der Waals surface area contributed by atoms with Crippen molar-refractivity contribution >= 4 is 22.5 Å². The first kappa shape index (κ1) is 19.8. The van der Waals surface area contributed by atoms with E-state index in [0.29, 0.717) is 28.5 Å². The number of halogens is 1. The van der Waals surface area contributed by atoms with Crippen molar-refractivity contribution in [2.45, 2.75) is 50.5 Å². The molecule has 2 heterocycles. The summed E-state index contributed by atoms with van der Waals surface area (Å²) in [6, 6.07) is 4.20. The number of allylic oxidation sites excluding steroid dienone is 1. The summed E-state index contributed by atoms with van der Waals surface area (Å²) in [7, 11) is 0. The summed E-state index contributed by atoms with van der Waals surface area (Å²) >= 11 is 6.39. The Morgan fingerprint density at radius 1 is 1.23 bits per heavy atom. The molecular formula is C22H25ClN4O3. The topological polar surface area (TPSA) is 114 Å². The minimum absolute atomic E-state index is 0.246. The molecule has 5 rings (SSSR count). The van der Waals surface area contributed by atoms with Crippen LogP contribution in [0.4, 0.5) is 5.82 Å². The van der Waals surface area contributed by atoms with Crippen LogP contribution in [-0.4, -0.2) is 45.0 Å². The highest BCUT2D eigenvalue weighted by molar-refractivity contribution is 6.50. The van der Waals surface area contributed by atoms with E-state index in [1.807, 2.05) is 19.1 Å². The number of aromatic nitrogens is 2. The molecule has 2 aromatic rings. The van der Waals surface area contributed by atoms with E-state index in [1.54, 1.807) is 0 Å². The number of nitrogen functional groups attached to an aromatic ring is 1. The average Bonchev–Trinajstić information content (AvgIpc) is 3.20. The Hall–Kier alpha value is -2.19. The van der Waals surface area contributed by atoms with E-state index in [1.165, 1.54) is 11.9 Å². The molecule has 0 radical (unpaired) electrons. The van der Waals surface area contributed by atoms with E-state index in [2.05, 4.69) is 21.4 Å². The lowest BCUT2D eigenvalue weighted by atomic mass is 9.88. The summed E-state index contributed by atoms with van der Waals surface area (Å²) in [5.41, 5.74) is 10.8. The van der Waals surface area contributed by atoms with Gasteiger partial charge in [0.05, 0.1) is 22.4 Å². The number of hydrogen-bond acceptors (Lipinski definition) is 7. The van der Waals surface area contributed by atoms with Crippen molar-refractivity contribution < 1.29 is 14.9 Å². The zero-order chi connectivity index (χ0) is 21.0. The van der Waals surface area contributed by atoms with Crippen LogP contribution in [0, 0.1) is 12.8 Å². The summed E-state index contributed by atoms with van der Waals surface area (Å²) in [5, 5.41) is 25.5. The van der Waals surface area contributed by atoms with Crippen LogP contribution in [0.15, 0.2) is 24.5 Å². The Kier molecular flexibility index (Phi) is 4.94. The van der Waals surface area contributed by atoms with Gasteiger partial charge in [-0.05, 0) is 43.5 Å². The fourth-order valence-electron chi connectivity index (χ4n) is 5.04. The number of anilines is 1. The van der Waals surface area contributed by atoms with E-state index in [9.17, 15) is 10.2 Å². The van der Waals surface area contributed by atoms with E-state index in [-0.39, 0.29) is 11.8 Å². The molecule has 1 saturated carbocycles. The van der Waals surface area contributed by atoms with Crippen LogP contribution in [0.1, 0.15) is 40.3 Å². The van der Waals surface area contributed by atoms with Crippen molar-refractivity contribution in [1.82, 2.24) is 15.3 Å². The molecule has 1 fully saturated rings. The van der Waals surface area contributed by atoms with Gasteiger partial charge in [0.1, 0.15) is 30.1 Å². The fourth-order valence-corrected chi connectivity index (χ4v) is 5.37. The predicted octanol–water partition coefficient (Wildman–Crippen LogP) is 1.88. The molecule has 30 heavy (non-hydrogen) atoms. The second kappa shape index (κ2) is 7.50. The van der Waals surface area contributed by atoms with Gasteiger partial charge in [-0.3, -0.25) is 0 Å². The van der Waals surface area contributed by atoms with Crippen LogP contribution >= 0.6 is 11.6 Å². The molecule has 2 aliphatic carbocycles. The molecule has 158 valence electrons. The average molecular weight is 429 g/mol. The number of nitrogens with zero attached hydrogens (tertiary/aromatic N) is 2. The zero-order valence-corrected chi connectivity index (χ0v) is 17.4. The number of nitrogens with one attached hydrogen (secondary N) is 1. The Bertz CT molecular complexity index is 1030. The summed E-state index contributed by atoms with van der Waals surface area (Å²) in [6.07, 6.45) is 2.21. The lowest BCUT2D eigenvalue weighted by Gasteiger charge is -2.25. The highest BCUT2D eigenvalue weighted by Gasteiger charge is 2.48. The Morgan fingerprint density at radius 2 is 2.07 bits per heavy atom. The van der Waals surface area contributed by atoms with Crippen LogP contribution in [0.5, 0.6) is 5.75 Å². The third kappa shape index (κ3) is 3.17. The molecule has 7 nitrogen and oxygen atoms in total. The van der Waals surface area contributed by atoms with Gasteiger partial charge in [-0.25, -0.2) is 9.97 Å². The van der Waals surface area contributed by atoms with E-state index < -0.39 is 18.3 Å². The van der Waals surface area contributed by atoms with Gasteiger partial charge in [0, 0.05) is 23.9 Å². The molecule has 0 amide bonds. The van der Waals surface area contributed by atoms with Crippen LogP contribution in [0.3, 0.4) is 0 Å². The number of rotatable bonds is 3. The first-order chi connectivity index (χ1) is 14.4. The zero-order valence-electron chi connectivity index (χ0n) is 16.7. The van der Waals surface area contributed by atoms with Gasteiger partial charge in [-0.15, -0.1) is 0 Å². The maximum Gasteiger partial charge on any atom is 0.135 e. The molecule has 1 aliphatic heterocycles. The number of aliphatic hydroxyl groups is 2. The van der Waals surface area contributed by atoms with Crippen LogP contribution in [0.2, 0.25) is 0 Å². The second-order valence-corrected chi connectivity index (χ2v) is 8.83. The molecule has 1 aromatic carbocycles. The van der Waals surface area contributed by atoms with Crippen molar-refractivity contribution in [3.63, 3.8) is 0 Å². The standard InChI is InChI=1S/C22H25ClN4O3/c1-10-4-11-2-3-25-8-14(11)16(5-10)30-17-7-13(20(28)21(17)29)12-6-15(23)18-19(12)26-9-27-22(18)24/h4-6,9,12-13,17,20-21,25,28-29H,2-3,7-8H2,1H3,(H2,24,26,27)/t12?,13-,17-,20-,21+/m0/s1. The molecule has 8 heteroatoms. The predicted molar refractivity (Wildman–Crippen MR) is 114 cm³/mol. The number of hydrogen-bond donors (Lipinski definition) is 4. The molecule has 1 unspecified atom stereocenters. The molecule has 0 saturated heterocycles. The smallest absolute Gasteiger partial charge is 0.135 e. The van der Waals surface area contributed by atoms with Crippen molar-refractivity contribution in [3.05, 3.63) is 52.5 Å². The molecule has 5 N–H and O–H groups in total.